The van der Waals surface area contributed by atoms with Crippen LogP contribution in [0.15, 0.2) is 65.1 Å². The van der Waals surface area contributed by atoms with Gasteiger partial charge in [-0.05, 0) is 17.7 Å². The van der Waals surface area contributed by atoms with Crippen LogP contribution in [-0.2, 0) is 0 Å². The molecule has 1 heterocycles. The highest BCUT2D eigenvalue weighted by Crippen LogP contribution is 2.27. The first kappa shape index (κ1) is 10.1. The van der Waals surface area contributed by atoms with Crippen LogP contribution in [0.4, 0.5) is 0 Å². The number of para-hydroxylation sites is 1. The van der Waals surface area contributed by atoms with E-state index in [-0.39, 0.29) is 0 Å². The fourth-order valence-corrected chi connectivity index (χ4v) is 1.94. The first-order valence-corrected chi connectivity index (χ1v) is 5.56. The number of benzene rings is 2. The van der Waals surface area contributed by atoms with Gasteiger partial charge in [0.2, 0.25) is 0 Å². The third-order valence-electron chi connectivity index (χ3n) is 2.83. The zero-order valence-electron chi connectivity index (χ0n) is 9.21. The molecule has 17 heavy (non-hydrogen) atoms. The molecule has 0 saturated heterocycles. The normalized spacial score (nSPS) is 12.8. The number of hydrogen-bond acceptors (Lipinski definition) is 2. The number of furan rings is 1. The minimum Gasteiger partial charge on any atom is -0.458 e. The maximum atomic E-state index is 10.2. The van der Waals surface area contributed by atoms with E-state index in [4.69, 9.17) is 4.42 Å². The van der Waals surface area contributed by atoms with Gasteiger partial charge < -0.3 is 9.52 Å². The maximum Gasteiger partial charge on any atom is 0.138 e. The number of rotatable bonds is 2. The summed E-state index contributed by atoms with van der Waals surface area (Å²) in [4.78, 5) is 0. The molecule has 84 valence electrons. The Kier molecular flexibility index (Phi) is 2.42. The van der Waals surface area contributed by atoms with Crippen molar-refractivity contribution in [3.63, 3.8) is 0 Å². The molecular weight excluding hydrogens is 212 g/mol. The van der Waals surface area contributed by atoms with E-state index < -0.39 is 6.10 Å². The minimum atomic E-state index is -0.705. The highest BCUT2D eigenvalue weighted by molar-refractivity contribution is 5.77. The summed E-state index contributed by atoms with van der Waals surface area (Å²) in [5.74, 6) is 0.581. The second-order valence-corrected chi connectivity index (χ2v) is 4.00. The lowest BCUT2D eigenvalue weighted by atomic mass is 10.1. The van der Waals surface area contributed by atoms with Crippen molar-refractivity contribution < 1.29 is 9.52 Å². The van der Waals surface area contributed by atoms with Gasteiger partial charge in [0.15, 0.2) is 0 Å². The highest BCUT2D eigenvalue weighted by atomic mass is 16.4. The van der Waals surface area contributed by atoms with Crippen LogP contribution in [0.3, 0.4) is 0 Å². The maximum absolute atomic E-state index is 10.2. The van der Waals surface area contributed by atoms with Gasteiger partial charge in [-0.15, -0.1) is 0 Å². The summed E-state index contributed by atoms with van der Waals surface area (Å²) in [7, 11) is 0. The first-order valence-electron chi connectivity index (χ1n) is 5.56. The predicted molar refractivity (Wildman–Crippen MR) is 66.7 cm³/mol. The molecule has 0 aliphatic heterocycles. The Morgan fingerprint density at radius 2 is 1.59 bits per heavy atom. The van der Waals surface area contributed by atoms with Crippen molar-refractivity contribution in [3.05, 3.63) is 72.0 Å². The molecule has 1 atom stereocenters. The molecule has 0 saturated carbocycles. The second-order valence-electron chi connectivity index (χ2n) is 4.00. The minimum absolute atomic E-state index is 0.581. The smallest absolute Gasteiger partial charge is 0.138 e. The molecule has 1 aromatic heterocycles. The van der Waals surface area contributed by atoms with Crippen LogP contribution in [0.25, 0.3) is 11.0 Å². The van der Waals surface area contributed by atoms with Gasteiger partial charge in [0.05, 0.1) is 0 Å². The summed E-state index contributed by atoms with van der Waals surface area (Å²) >= 11 is 0. The van der Waals surface area contributed by atoms with Crippen molar-refractivity contribution in [2.24, 2.45) is 0 Å². The third kappa shape index (κ3) is 1.83. The average molecular weight is 224 g/mol. The number of fused-ring (bicyclic) bond motifs is 1. The van der Waals surface area contributed by atoms with E-state index in [1.165, 1.54) is 0 Å². The molecule has 0 unspecified atom stereocenters. The number of aliphatic hydroxyl groups excluding tert-OH is 1. The fraction of sp³-hybridized carbons (Fsp3) is 0.0667. The summed E-state index contributed by atoms with van der Waals surface area (Å²) in [5.41, 5.74) is 1.64. The van der Waals surface area contributed by atoms with Gasteiger partial charge >= 0.3 is 0 Å². The van der Waals surface area contributed by atoms with Crippen molar-refractivity contribution >= 4 is 11.0 Å². The van der Waals surface area contributed by atoms with Crippen LogP contribution in [0.5, 0.6) is 0 Å². The van der Waals surface area contributed by atoms with Crippen molar-refractivity contribution in [2.45, 2.75) is 6.10 Å². The average Bonchev–Trinajstić information content (AvgIpc) is 2.82. The zero-order chi connectivity index (χ0) is 11.7. The zero-order valence-corrected chi connectivity index (χ0v) is 9.21. The standard InChI is InChI=1S/C15H12O2/c16-15(11-6-2-1-3-7-11)14-10-12-8-4-5-9-13(12)17-14/h1-10,15-16H/t15-/m1/s1. The Labute approximate surface area is 99.1 Å². The van der Waals surface area contributed by atoms with Gasteiger partial charge in [-0.1, -0.05) is 48.5 Å². The monoisotopic (exact) mass is 224 g/mol. The van der Waals surface area contributed by atoms with Gasteiger partial charge in [0.25, 0.3) is 0 Å². The van der Waals surface area contributed by atoms with Gasteiger partial charge in [-0.3, -0.25) is 0 Å². The molecule has 0 bridgehead atoms. The molecule has 0 fully saturated rings. The summed E-state index contributed by atoms with van der Waals surface area (Å²) in [6, 6.07) is 19.1. The molecule has 0 aliphatic carbocycles. The van der Waals surface area contributed by atoms with Crippen LogP contribution in [0.1, 0.15) is 17.4 Å². The van der Waals surface area contributed by atoms with Crippen molar-refractivity contribution in [3.8, 4) is 0 Å². The number of hydrogen-bond donors (Lipinski definition) is 1. The molecule has 2 nitrogen and oxygen atoms in total. The first-order chi connectivity index (χ1) is 8.34. The van der Waals surface area contributed by atoms with Crippen molar-refractivity contribution in [1.29, 1.82) is 0 Å². The highest BCUT2D eigenvalue weighted by Gasteiger charge is 2.14. The lowest BCUT2D eigenvalue weighted by molar-refractivity contribution is 0.192. The molecule has 3 aromatic rings. The third-order valence-corrected chi connectivity index (χ3v) is 2.83. The van der Waals surface area contributed by atoms with Gasteiger partial charge in [0, 0.05) is 5.39 Å². The Hall–Kier alpha value is -2.06. The fourth-order valence-electron chi connectivity index (χ4n) is 1.94. The van der Waals surface area contributed by atoms with Crippen LogP contribution < -0.4 is 0 Å². The van der Waals surface area contributed by atoms with Crippen molar-refractivity contribution in [1.82, 2.24) is 0 Å². The Morgan fingerprint density at radius 3 is 2.35 bits per heavy atom. The molecule has 0 radical (unpaired) electrons. The quantitative estimate of drug-likeness (QED) is 0.722. The van der Waals surface area contributed by atoms with E-state index in [1.54, 1.807) is 0 Å². The van der Waals surface area contributed by atoms with Gasteiger partial charge in [0.1, 0.15) is 17.4 Å². The van der Waals surface area contributed by atoms with E-state index in [9.17, 15) is 5.11 Å². The molecule has 0 spiro atoms. The molecule has 0 aliphatic rings. The van der Waals surface area contributed by atoms with Crippen LogP contribution in [0.2, 0.25) is 0 Å². The lowest BCUT2D eigenvalue weighted by Gasteiger charge is -2.06. The van der Waals surface area contributed by atoms with E-state index in [0.717, 1.165) is 16.5 Å². The van der Waals surface area contributed by atoms with Crippen LogP contribution >= 0.6 is 0 Å². The lowest BCUT2D eigenvalue weighted by Crippen LogP contribution is -1.96. The van der Waals surface area contributed by atoms with Crippen LogP contribution in [-0.4, -0.2) is 5.11 Å². The largest absolute Gasteiger partial charge is 0.458 e. The van der Waals surface area contributed by atoms with E-state index in [2.05, 4.69) is 0 Å². The topological polar surface area (TPSA) is 33.4 Å². The summed E-state index contributed by atoms with van der Waals surface area (Å²) < 4.78 is 5.63. The molecule has 1 N–H and O–H groups in total. The molecule has 3 rings (SSSR count). The van der Waals surface area contributed by atoms with Crippen molar-refractivity contribution in [2.75, 3.05) is 0 Å². The number of aliphatic hydroxyl groups is 1. The summed E-state index contributed by atoms with van der Waals surface area (Å²) in [5, 5.41) is 11.2. The Bertz CT molecular complexity index is 592. The van der Waals surface area contributed by atoms with Gasteiger partial charge in [-0.25, -0.2) is 0 Å². The Balaban J connectivity index is 2.04. The van der Waals surface area contributed by atoms with Crippen LogP contribution in [0, 0.1) is 0 Å². The SMILES string of the molecule is O[C@H](c1ccccc1)c1cc2ccccc2o1. The van der Waals surface area contributed by atoms with E-state index in [1.807, 2.05) is 60.7 Å². The second kappa shape index (κ2) is 4.07. The molecule has 0 amide bonds. The van der Waals surface area contributed by atoms with E-state index in [0.29, 0.717) is 5.76 Å². The molecular formula is C15H12O2. The molecule has 2 heteroatoms. The summed E-state index contributed by atoms with van der Waals surface area (Å²) in [6.45, 7) is 0. The Morgan fingerprint density at radius 1 is 0.882 bits per heavy atom. The molecule has 2 aromatic carbocycles. The van der Waals surface area contributed by atoms with Gasteiger partial charge in [-0.2, -0.15) is 0 Å². The van der Waals surface area contributed by atoms with E-state index >= 15 is 0 Å². The summed E-state index contributed by atoms with van der Waals surface area (Å²) in [6.07, 6.45) is -0.705. The predicted octanol–water partition coefficient (Wildman–Crippen LogP) is 3.51.